The lowest BCUT2D eigenvalue weighted by atomic mass is 9.99. The molecular formula is C15H27IN4OS2. The number of hydrogen-bond donors (Lipinski definition) is 2. The molecule has 0 saturated carbocycles. The first-order chi connectivity index (χ1) is 10.6. The van der Waals surface area contributed by atoms with Crippen LogP contribution in [-0.4, -0.2) is 48.8 Å². The molecule has 0 amide bonds. The van der Waals surface area contributed by atoms with E-state index in [1.54, 1.807) is 11.3 Å². The molecule has 8 heteroatoms. The third kappa shape index (κ3) is 6.06. The van der Waals surface area contributed by atoms with Crippen LogP contribution >= 0.6 is 47.1 Å². The van der Waals surface area contributed by atoms with Crippen LogP contribution < -0.4 is 10.6 Å². The van der Waals surface area contributed by atoms with Crippen molar-refractivity contribution in [2.24, 2.45) is 4.99 Å². The molecule has 2 N–H and O–H groups in total. The largest absolute Gasteiger partial charge is 0.381 e. The third-order valence-electron chi connectivity index (χ3n) is 4.05. The van der Waals surface area contributed by atoms with E-state index in [1.165, 1.54) is 4.88 Å². The highest BCUT2D eigenvalue weighted by Gasteiger charge is 2.31. The number of thioether (sulfide) groups is 1. The Bertz CT molecular complexity index is 516. The van der Waals surface area contributed by atoms with E-state index in [1.807, 2.05) is 25.7 Å². The Morgan fingerprint density at radius 3 is 2.57 bits per heavy atom. The van der Waals surface area contributed by atoms with Crippen molar-refractivity contribution in [3.05, 3.63) is 15.6 Å². The van der Waals surface area contributed by atoms with Crippen LogP contribution in [0.4, 0.5) is 0 Å². The van der Waals surface area contributed by atoms with Gasteiger partial charge in [-0.25, -0.2) is 4.98 Å². The first kappa shape index (κ1) is 21.0. The molecule has 23 heavy (non-hydrogen) atoms. The Hall–Kier alpha value is -0.0600. The van der Waals surface area contributed by atoms with Crippen LogP contribution in [0.15, 0.2) is 4.99 Å². The van der Waals surface area contributed by atoms with E-state index in [2.05, 4.69) is 33.8 Å². The summed E-state index contributed by atoms with van der Waals surface area (Å²) >= 11 is 3.67. The van der Waals surface area contributed by atoms with Crippen molar-refractivity contribution < 1.29 is 4.74 Å². The molecule has 0 aliphatic carbocycles. The average molecular weight is 470 g/mol. The maximum absolute atomic E-state index is 5.49. The lowest BCUT2D eigenvalue weighted by Crippen LogP contribution is -2.47. The Labute approximate surface area is 164 Å². The van der Waals surface area contributed by atoms with Crippen LogP contribution in [0.1, 0.15) is 28.4 Å². The fourth-order valence-corrected chi connectivity index (χ4v) is 4.23. The van der Waals surface area contributed by atoms with Crippen molar-refractivity contribution in [2.75, 3.05) is 33.1 Å². The number of aliphatic imine (C=N–C) groups is 1. The Morgan fingerprint density at radius 1 is 1.35 bits per heavy atom. The van der Waals surface area contributed by atoms with Crippen molar-refractivity contribution in [1.29, 1.82) is 0 Å². The summed E-state index contributed by atoms with van der Waals surface area (Å²) in [5.74, 6) is 0.852. The van der Waals surface area contributed by atoms with Gasteiger partial charge in [-0.15, -0.1) is 35.3 Å². The van der Waals surface area contributed by atoms with Gasteiger partial charge in [-0.2, -0.15) is 11.8 Å². The molecule has 0 bridgehead atoms. The summed E-state index contributed by atoms with van der Waals surface area (Å²) in [5, 5.41) is 7.98. The molecule has 1 aromatic rings. The Balaban J connectivity index is 0.00000264. The molecule has 0 radical (unpaired) electrons. The SMILES string of the molecule is CN=C(NCc1sc(C)nc1C)NCC1(SC)CCOCC1.I. The van der Waals surface area contributed by atoms with Crippen molar-refractivity contribution in [2.45, 2.75) is 38.0 Å². The summed E-state index contributed by atoms with van der Waals surface area (Å²) in [6.45, 7) is 7.50. The fourth-order valence-electron chi connectivity index (χ4n) is 2.56. The summed E-state index contributed by atoms with van der Waals surface area (Å²) < 4.78 is 5.74. The first-order valence-corrected chi connectivity index (χ1v) is 9.63. The van der Waals surface area contributed by atoms with Crippen LogP contribution in [-0.2, 0) is 11.3 Å². The number of halogens is 1. The molecule has 0 spiro atoms. The van der Waals surface area contributed by atoms with Crippen LogP contribution in [0.25, 0.3) is 0 Å². The van der Waals surface area contributed by atoms with Gasteiger partial charge in [-0.05, 0) is 32.9 Å². The van der Waals surface area contributed by atoms with Crippen LogP contribution in [0, 0.1) is 13.8 Å². The summed E-state index contributed by atoms with van der Waals surface area (Å²) in [4.78, 5) is 10.1. The van der Waals surface area contributed by atoms with Gasteiger partial charge in [0, 0.05) is 36.4 Å². The minimum Gasteiger partial charge on any atom is -0.381 e. The molecule has 2 rings (SSSR count). The zero-order valence-electron chi connectivity index (χ0n) is 14.3. The first-order valence-electron chi connectivity index (χ1n) is 7.59. The van der Waals surface area contributed by atoms with Gasteiger partial charge in [0.1, 0.15) is 0 Å². The third-order valence-corrected chi connectivity index (χ3v) is 6.55. The predicted molar refractivity (Wildman–Crippen MR) is 112 cm³/mol. The molecular weight excluding hydrogens is 443 g/mol. The minimum absolute atomic E-state index is 0. The lowest BCUT2D eigenvalue weighted by molar-refractivity contribution is 0.0783. The van der Waals surface area contributed by atoms with E-state index in [0.29, 0.717) is 0 Å². The van der Waals surface area contributed by atoms with Gasteiger partial charge in [0.2, 0.25) is 0 Å². The molecule has 0 atom stereocenters. The number of aryl methyl sites for hydroxylation is 2. The Kier molecular flexibility index (Phi) is 9.17. The van der Waals surface area contributed by atoms with Gasteiger partial charge in [0.15, 0.2) is 5.96 Å². The number of thiazole rings is 1. The average Bonchev–Trinajstić information content (AvgIpc) is 2.86. The number of rotatable bonds is 5. The number of aromatic nitrogens is 1. The van der Waals surface area contributed by atoms with E-state index in [9.17, 15) is 0 Å². The molecule has 1 aromatic heterocycles. The molecule has 1 saturated heterocycles. The van der Waals surface area contributed by atoms with Crippen molar-refractivity contribution >= 4 is 53.0 Å². The van der Waals surface area contributed by atoms with E-state index < -0.39 is 0 Å². The summed E-state index contributed by atoms with van der Waals surface area (Å²) in [7, 11) is 1.82. The van der Waals surface area contributed by atoms with E-state index in [0.717, 1.165) is 55.8 Å². The topological polar surface area (TPSA) is 58.5 Å². The van der Waals surface area contributed by atoms with Crippen LogP contribution in [0.3, 0.4) is 0 Å². The van der Waals surface area contributed by atoms with E-state index in [4.69, 9.17) is 4.74 Å². The standard InChI is InChI=1S/C15H26N4OS2.HI/c1-11-13(22-12(2)19-11)9-17-14(16-3)18-10-15(21-4)5-7-20-8-6-15;/h5-10H2,1-4H3,(H2,16,17,18);1H. The molecule has 132 valence electrons. The second-order valence-corrected chi connectivity index (χ2v) is 8.08. The van der Waals surface area contributed by atoms with E-state index >= 15 is 0 Å². The molecule has 1 aliphatic rings. The number of nitrogens with zero attached hydrogens (tertiary/aromatic N) is 2. The van der Waals surface area contributed by atoms with Gasteiger partial charge in [-0.1, -0.05) is 0 Å². The number of nitrogens with one attached hydrogen (secondary N) is 2. The van der Waals surface area contributed by atoms with Gasteiger partial charge in [0.25, 0.3) is 0 Å². The van der Waals surface area contributed by atoms with Crippen LogP contribution in [0.5, 0.6) is 0 Å². The highest BCUT2D eigenvalue weighted by atomic mass is 127. The lowest BCUT2D eigenvalue weighted by Gasteiger charge is -2.36. The molecule has 1 fully saturated rings. The maximum atomic E-state index is 5.49. The van der Waals surface area contributed by atoms with E-state index in [-0.39, 0.29) is 28.7 Å². The number of hydrogen-bond acceptors (Lipinski definition) is 5. The monoisotopic (exact) mass is 470 g/mol. The highest BCUT2D eigenvalue weighted by molar-refractivity contribution is 14.0. The molecule has 1 aliphatic heterocycles. The second kappa shape index (κ2) is 10.0. The van der Waals surface area contributed by atoms with Gasteiger partial charge < -0.3 is 15.4 Å². The van der Waals surface area contributed by atoms with Crippen molar-refractivity contribution in [3.63, 3.8) is 0 Å². The molecule has 0 unspecified atom stereocenters. The number of guanidine groups is 1. The molecule has 0 aromatic carbocycles. The molecule has 2 heterocycles. The van der Waals surface area contributed by atoms with Gasteiger partial charge >= 0.3 is 0 Å². The smallest absolute Gasteiger partial charge is 0.191 e. The zero-order chi connectivity index (χ0) is 16.0. The highest BCUT2D eigenvalue weighted by Crippen LogP contribution is 2.32. The number of ether oxygens (including phenoxy) is 1. The van der Waals surface area contributed by atoms with Crippen LogP contribution in [0.2, 0.25) is 0 Å². The fraction of sp³-hybridized carbons (Fsp3) is 0.733. The maximum Gasteiger partial charge on any atom is 0.191 e. The summed E-state index contributed by atoms with van der Waals surface area (Å²) in [5.41, 5.74) is 1.11. The second-order valence-electron chi connectivity index (χ2n) is 5.52. The zero-order valence-corrected chi connectivity index (χ0v) is 18.2. The normalized spacial score (nSPS) is 17.5. The predicted octanol–water partition coefficient (Wildman–Crippen LogP) is 2.96. The van der Waals surface area contributed by atoms with Crippen molar-refractivity contribution in [1.82, 2.24) is 15.6 Å². The quantitative estimate of drug-likeness (QED) is 0.394. The summed E-state index contributed by atoms with van der Waals surface area (Å²) in [6.07, 6.45) is 4.36. The van der Waals surface area contributed by atoms with Gasteiger partial charge in [0.05, 0.1) is 17.2 Å². The minimum atomic E-state index is 0. The van der Waals surface area contributed by atoms with Gasteiger partial charge in [-0.3, -0.25) is 4.99 Å². The van der Waals surface area contributed by atoms with Crippen molar-refractivity contribution in [3.8, 4) is 0 Å². The Morgan fingerprint density at radius 2 is 2.04 bits per heavy atom. The summed E-state index contributed by atoms with van der Waals surface area (Å²) in [6, 6.07) is 0. The molecule has 5 nitrogen and oxygen atoms in total.